The van der Waals surface area contributed by atoms with E-state index in [0.29, 0.717) is 29.8 Å². The molecule has 1 saturated heterocycles. The van der Waals surface area contributed by atoms with Gasteiger partial charge in [-0.25, -0.2) is 9.48 Å². The average molecular weight is 353 g/mol. The molecule has 3 heterocycles. The minimum atomic E-state index is -0.458. The molecule has 24 heavy (non-hydrogen) atoms. The number of carbonyl (C=O) groups excluding carboxylic acids is 1. The smallest absolute Gasteiger partial charge is 0.344 e. The van der Waals surface area contributed by atoms with E-state index in [9.17, 15) is 4.79 Å². The predicted octanol–water partition coefficient (Wildman–Crippen LogP) is 1.49. The van der Waals surface area contributed by atoms with Crippen LogP contribution in [0.5, 0.6) is 6.01 Å². The van der Waals surface area contributed by atoms with Gasteiger partial charge in [0.05, 0.1) is 18.2 Å². The van der Waals surface area contributed by atoms with Gasteiger partial charge in [-0.15, -0.1) is 5.10 Å². The van der Waals surface area contributed by atoms with Crippen molar-refractivity contribution in [2.75, 3.05) is 26.4 Å². The third kappa shape index (κ3) is 4.21. The minimum Gasteiger partial charge on any atom is -0.463 e. The first kappa shape index (κ1) is 16.7. The van der Waals surface area contributed by atoms with E-state index in [1.165, 1.54) is 10.9 Å². The monoisotopic (exact) mass is 352 g/mol. The number of nitrogens with zero attached hydrogens (tertiary/aromatic N) is 4. The molecule has 0 saturated carbocycles. The van der Waals surface area contributed by atoms with Crippen LogP contribution in [-0.2, 0) is 21.3 Å². The second-order valence-electron chi connectivity index (χ2n) is 5.40. The molecule has 8 nitrogen and oxygen atoms in total. The summed E-state index contributed by atoms with van der Waals surface area (Å²) in [7, 11) is 1.71. The summed E-state index contributed by atoms with van der Waals surface area (Å²) in [5, 5.41) is 4.64. The highest BCUT2D eigenvalue weighted by molar-refractivity contribution is 6.30. The van der Waals surface area contributed by atoms with Crippen LogP contribution in [0, 0.1) is 5.92 Å². The molecule has 0 bridgehead atoms. The molecule has 0 radical (unpaired) electrons. The van der Waals surface area contributed by atoms with Crippen LogP contribution in [0.2, 0.25) is 5.02 Å². The van der Waals surface area contributed by atoms with Crippen LogP contribution in [0.4, 0.5) is 0 Å². The van der Waals surface area contributed by atoms with E-state index in [1.54, 1.807) is 19.2 Å². The highest BCUT2D eigenvalue weighted by atomic mass is 35.5. The zero-order valence-electron chi connectivity index (χ0n) is 13.1. The number of ether oxygens (including phenoxy) is 3. The van der Waals surface area contributed by atoms with Crippen molar-refractivity contribution < 1.29 is 19.0 Å². The molecule has 1 aliphatic rings. The van der Waals surface area contributed by atoms with Crippen LogP contribution in [0.15, 0.2) is 18.3 Å². The summed E-state index contributed by atoms with van der Waals surface area (Å²) in [4.78, 5) is 20.1. The number of hydrogen-bond acceptors (Lipinski definition) is 7. The molecule has 0 spiro atoms. The van der Waals surface area contributed by atoms with E-state index in [-0.39, 0.29) is 18.5 Å². The van der Waals surface area contributed by atoms with Crippen LogP contribution in [-0.4, -0.2) is 52.1 Å². The minimum absolute atomic E-state index is 0.0883. The van der Waals surface area contributed by atoms with E-state index in [2.05, 4.69) is 15.1 Å². The molecule has 128 valence electrons. The zero-order chi connectivity index (χ0) is 16.9. The fourth-order valence-corrected chi connectivity index (χ4v) is 2.36. The second kappa shape index (κ2) is 7.59. The summed E-state index contributed by atoms with van der Waals surface area (Å²) >= 11 is 5.82. The van der Waals surface area contributed by atoms with Gasteiger partial charge in [0.1, 0.15) is 5.69 Å². The van der Waals surface area contributed by atoms with Crippen molar-refractivity contribution in [3.63, 3.8) is 0 Å². The van der Waals surface area contributed by atoms with Crippen LogP contribution in [0.1, 0.15) is 6.42 Å². The van der Waals surface area contributed by atoms with Gasteiger partial charge in [-0.1, -0.05) is 11.6 Å². The number of esters is 1. The Kier molecular flexibility index (Phi) is 5.27. The maximum atomic E-state index is 11.7. The van der Waals surface area contributed by atoms with Gasteiger partial charge < -0.3 is 14.2 Å². The average Bonchev–Trinajstić information content (AvgIpc) is 3.21. The number of aryl methyl sites for hydroxylation is 1. The van der Waals surface area contributed by atoms with Crippen LogP contribution in [0.3, 0.4) is 0 Å². The Hall–Kier alpha value is -2.19. The Morgan fingerprint density at radius 1 is 1.50 bits per heavy atom. The Morgan fingerprint density at radius 2 is 2.38 bits per heavy atom. The predicted molar refractivity (Wildman–Crippen MR) is 84.6 cm³/mol. The third-order valence-corrected chi connectivity index (χ3v) is 3.75. The Morgan fingerprint density at radius 3 is 3.08 bits per heavy atom. The second-order valence-corrected chi connectivity index (χ2v) is 5.84. The van der Waals surface area contributed by atoms with Gasteiger partial charge in [0.25, 0.3) is 0 Å². The summed E-state index contributed by atoms with van der Waals surface area (Å²) in [5.74, 6) is 0.322. The standard InChI is InChI=1S/C15H17ClN4O4/c1-20-14(12-3-2-11(16)6-17-12)18-15(19-20)24-9-13(21)23-8-10-4-5-22-7-10/h2-3,6,10H,4-5,7-9H2,1H3. The van der Waals surface area contributed by atoms with Gasteiger partial charge in [-0.05, 0) is 18.6 Å². The molecule has 1 fully saturated rings. The fourth-order valence-electron chi connectivity index (χ4n) is 2.24. The molecule has 1 atom stereocenters. The molecule has 0 aliphatic carbocycles. The summed E-state index contributed by atoms with van der Waals surface area (Å²) in [5.41, 5.74) is 0.605. The molecule has 9 heteroatoms. The highest BCUT2D eigenvalue weighted by Gasteiger charge is 2.18. The summed E-state index contributed by atoms with van der Waals surface area (Å²) in [6.45, 7) is 1.45. The summed E-state index contributed by atoms with van der Waals surface area (Å²) in [6, 6.07) is 3.53. The molecule has 2 aromatic rings. The van der Waals surface area contributed by atoms with Gasteiger partial charge in [0.2, 0.25) is 0 Å². The lowest BCUT2D eigenvalue weighted by molar-refractivity contribution is -0.147. The van der Waals surface area contributed by atoms with Crippen molar-refractivity contribution in [3.05, 3.63) is 23.4 Å². The van der Waals surface area contributed by atoms with E-state index in [4.69, 9.17) is 25.8 Å². The number of pyridine rings is 1. The maximum absolute atomic E-state index is 11.7. The molecule has 2 aromatic heterocycles. The number of rotatable bonds is 6. The maximum Gasteiger partial charge on any atom is 0.344 e. The molecule has 3 rings (SSSR count). The largest absolute Gasteiger partial charge is 0.463 e. The van der Waals surface area contributed by atoms with Gasteiger partial charge >= 0.3 is 12.0 Å². The van der Waals surface area contributed by atoms with Gasteiger partial charge in [0.15, 0.2) is 12.4 Å². The molecule has 0 N–H and O–H groups in total. The Balaban J connectivity index is 1.53. The van der Waals surface area contributed by atoms with Crippen LogP contribution < -0.4 is 4.74 Å². The number of carbonyl (C=O) groups is 1. The van der Waals surface area contributed by atoms with Crippen molar-refractivity contribution in [3.8, 4) is 17.5 Å². The first-order valence-corrected chi connectivity index (χ1v) is 7.89. The van der Waals surface area contributed by atoms with Crippen molar-refractivity contribution >= 4 is 17.6 Å². The van der Waals surface area contributed by atoms with E-state index < -0.39 is 5.97 Å². The Bertz CT molecular complexity index is 698. The molecule has 0 aromatic carbocycles. The lowest BCUT2D eigenvalue weighted by Crippen LogP contribution is -2.19. The van der Waals surface area contributed by atoms with Crippen molar-refractivity contribution in [1.29, 1.82) is 0 Å². The summed E-state index contributed by atoms with van der Waals surface area (Å²) in [6.07, 6.45) is 2.43. The normalized spacial score (nSPS) is 17.0. The molecule has 1 aliphatic heterocycles. The molecular weight excluding hydrogens is 336 g/mol. The number of halogens is 1. The van der Waals surface area contributed by atoms with Crippen molar-refractivity contribution in [1.82, 2.24) is 19.7 Å². The molecular formula is C15H17ClN4O4. The quantitative estimate of drug-likeness (QED) is 0.727. The van der Waals surface area contributed by atoms with E-state index in [0.717, 1.165) is 13.0 Å². The van der Waals surface area contributed by atoms with Crippen LogP contribution in [0.25, 0.3) is 11.5 Å². The molecule has 0 amide bonds. The summed E-state index contributed by atoms with van der Waals surface area (Å²) < 4.78 is 17.2. The highest BCUT2D eigenvalue weighted by Crippen LogP contribution is 2.18. The fraction of sp³-hybridized carbons (Fsp3) is 0.467. The van der Waals surface area contributed by atoms with Gasteiger partial charge in [-0.3, -0.25) is 4.98 Å². The number of hydrogen-bond donors (Lipinski definition) is 0. The first-order valence-electron chi connectivity index (χ1n) is 7.51. The van der Waals surface area contributed by atoms with E-state index in [1.807, 2.05) is 0 Å². The third-order valence-electron chi connectivity index (χ3n) is 3.52. The van der Waals surface area contributed by atoms with Crippen LogP contribution >= 0.6 is 11.6 Å². The van der Waals surface area contributed by atoms with E-state index >= 15 is 0 Å². The first-order chi connectivity index (χ1) is 11.6. The SMILES string of the molecule is Cn1nc(OCC(=O)OCC2CCOC2)nc1-c1ccc(Cl)cn1. The van der Waals surface area contributed by atoms with Gasteiger partial charge in [0, 0.05) is 25.8 Å². The topological polar surface area (TPSA) is 88.4 Å². The molecule has 1 unspecified atom stereocenters. The zero-order valence-corrected chi connectivity index (χ0v) is 13.9. The lowest BCUT2D eigenvalue weighted by atomic mass is 10.1. The lowest BCUT2D eigenvalue weighted by Gasteiger charge is -2.08. The van der Waals surface area contributed by atoms with Crippen molar-refractivity contribution in [2.24, 2.45) is 13.0 Å². The van der Waals surface area contributed by atoms with Crippen molar-refractivity contribution in [2.45, 2.75) is 6.42 Å². The van der Waals surface area contributed by atoms with Gasteiger partial charge in [-0.2, -0.15) is 4.98 Å². The Labute approximate surface area is 143 Å². The number of aromatic nitrogens is 4.